The van der Waals surface area contributed by atoms with Gasteiger partial charge < -0.3 is 9.30 Å². The quantitative estimate of drug-likeness (QED) is 0.204. The van der Waals surface area contributed by atoms with Crippen LogP contribution in [-0.4, -0.2) is 9.55 Å². The summed E-state index contributed by atoms with van der Waals surface area (Å²) in [4.78, 5) is 5.00. The first-order valence-electron chi connectivity index (χ1n) is 13.9. The Bertz CT molecular complexity index is 2140. The zero-order valence-electron chi connectivity index (χ0n) is 22.6. The molecular weight excluding hydrogens is 535 g/mol. The lowest BCUT2D eigenvalue weighted by molar-refractivity contribution is 0.485. The smallest absolute Gasteiger partial charge is 0.178 e. The first-order chi connectivity index (χ1) is 20.7. The molecule has 4 nitrogen and oxygen atoms in total. The summed E-state index contributed by atoms with van der Waals surface area (Å²) in [6.45, 7) is 0. The van der Waals surface area contributed by atoms with Gasteiger partial charge in [-0.15, -0.1) is 0 Å². The summed E-state index contributed by atoms with van der Waals surface area (Å²) in [6, 6.07) is 50.4. The van der Waals surface area contributed by atoms with Gasteiger partial charge in [0.25, 0.3) is 0 Å². The van der Waals surface area contributed by atoms with Crippen molar-refractivity contribution in [3.63, 3.8) is 0 Å². The van der Waals surface area contributed by atoms with Crippen LogP contribution in [0, 0.1) is 0 Å². The second-order valence-corrected chi connectivity index (χ2v) is 13.1. The average molecular weight is 561 g/mol. The average Bonchev–Trinajstić information content (AvgIpc) is 3.45. The summed E-state index contributed by atoms with van der Waals surface area (Å²) in [5.41, 5.74) is 6.15. The summed E-state index contributed by atoms with van der Waals surface area (Å²) in [7, 11) is -3.09. The predicted octanol–water partition coefficient (Wildman–Crippen LogP) is 8.10. The second kappa shape index (κ2) is 9.73. The van der Waals surface area contributed by atoms with Crippen molar-refractivity contribution in [2.75, 3.05) is 0 Å². The Morgan fingerprint density at radius 3 is 1.98 bits per heavy atom. The molecule has 7 aromatic rings. The Morgan fingerprint density at radius 1 is 0.548 bits per heavy atom. The van der Waals surface area contributed by atoms with E-state index >= 15 is 0 Å². The molecule has 0 saturated carbocycles. The number of imidazole rings is 1. The maximum atomic E-state index is 14.9. The Morgan fingerprint density at radius 2 is 1.17 bits per heavy atom. The Hall–Kier alpha value is -5.18. The van der Waals surface area contributed by atoms with Crippen LogP contribution in [-0.2, 0) is 4.57 Å². The number of para-hydroxylation sites is 4. The van der Waals surface area contributed by atoms with Crippen LogP contribution in [0.25, 0.3) is 39.2 Å². The van der Waals surface area contributed by atoms with E-state index in [1.165, 1.54) is 0 Å². The van der Waals surface area contributed by atoms with Crippen LogP contribution < -0.4 is 20.7 Å². The van der Waals surface area contributed by atoms with Crippen molar-refractivity contribution in [2.45, 2.75) is 0 Å². The highest BCUT2D eigenvalue weighted by Gasteiger charge is 2.38. The second-order valence-electron chi connectivity index (χ2n) is 10.4. The van der Waals surface area contributed by atoms with Gasteiger partial charge in [0.2, 0.25) is 0 Å². The number of ether oxygens (including phenoxy) is 1. The van der Waals surface area contributed by atoms with Crippen LogP contribution in [0.3, 0.4) is 0 Å². The van der Waals surface area contributed by atoms with E-state index < -0.39 is 7.14 Å². The fraction of sp³-hybridized carbons (Fsp3) is 0. The molecule has 0 spiro atoms. The van der Waals surface area contributed by atoms with Gasteiger partial charge in [-0.3, -0.25) is 4.57 Å². The fourth-order valence-electron chi connectivity index (χ4n) is 5.87. The van der Waals surface area contributed by atoms with E-state index in [0.717, 1.165) is 55.1 Å². The molecule has 42 heavy (non-hydrogen) atoms. The van der Waals surface area contributed by atoms with Crippen LogP contribution >= 0.6 is 7.14 Å². The zero-order valence-corrected chi connectivity index (χ0v) is 23.5. The van der Waals surface area contributed by atoms with Gasteiger partial charge in [0.15, 0.2) is 7.14 Å². The Kier molecular flexibility index (Phi) is 5.70. The summed E-state index contributed by atoms with van der Waals surface area (Å²) in [6.07, 6.45) is 0. The first-order valence-corrected chi connectivity index (χ1v) is 15.6. The van der Waals surface area contributed by atoms with Gasteiger partial charge in [-0.1, -0.05) is 103 Å². The van der Waals surface area contributed by atoms with Gasteiger partial charge in [0.1, 0.15) is 17.3 Å². The fourth-order valence-corrected chi connectivity index (χ4v) is 8.71. The zero-order chi connectivity index (χ0) is 28.1. The SMILES string of the molecule is O=P1(c2ccccc2)c2ccccc2Oc2cc(-c3ccc(-c4nc5ccccc5n4-c4ccccc4)cc3)ccc21. The highest BCUT2D eigenvalue weighted by atomic mass is 31.2. The maximum Gasteiger partial charge on any atom is 0.178 e. The highest BCUT2D eigenvalue weighted by molar-refractivity contribution is 7.85. The van der Waals surface area contributed by atoms with Crippen molar-refractivity contribution in [3.8, 4) is 39.7 Å². The third-order valence-corrected chi connectivity index (χ3v) is 11.0. The summed E-state index contributed by atoms with van der Waals surface area (Å²) in [5, 5.41) is 2.27. The minimum absolute atomic E-state index is 0.633. The first kappa shape index (κ1) is 24.6. The minimum atomic E-state index is -3.09. The van der Waals surface area contributed by atoms with E-state index in [1.54, 1.807) is 0 Å². The molecule has 2 heterocycles. The monoisotopic (exact) mass is 560 g/mol. The van der Waals surface area contributed by atoms with Gasteiger partial charge in [0.05, 0.1) is 21.6 Å². The molecule has 1 aromatic heterocycles. The molecule has 6 aromatic carbocycles. The van der Waals surface area contributed by atoms with Crippen LogP contribution in [0.4, 0.5) is 0 Å². The molecule has 0 saturated heterocycles. The number of rotatable bonds is 4. The van der Waals surface area contributed by atoms with E-state index in [-0.39, 0.29) is 0 Å². The largest absolute Gasteiger partial charge is 0.456 e. The van der Waals surface area contributed by atoms with E-state index in [0.29, 0.717) is 11.5 Å². The molecule has 5 heteroatoms. The van der Waals surface area contributed by atoms with Gasteiger partial charge in [-0.25, -0.2) is 4.98 Å². The van der Waals surface area contributed by atoms with Crippen LogP contribution in [0.1, 0.15) is 0 Å². The summed E-state index contributed by atoms with van der Waals surface area (Å²) in [5.74, 6) is 2.17. The third kappa shape index (κ3) is 3.84. The molecule has 8 rings (SSSR count). The Labute approximate surface area is 243 Å². The predicted molar refractivity (Wildman–Crippen MR) is 171 cm³/mol. The molecular formula is C37H25N2O2P. The van der Waals surface area contributed by atoms with Crippen LogP contribution in [0.15, 0.2) is 152 Å². The molecule has 0 aliphatic carbocycles. The van der Waals surface area contributed by atoms with Gasteiger partial charge in [-0.2, -0.15) is 0 Å². The molecule has 1 aliphatic heterocycles. The third-order valence-electron chi connectivity index (χ3n) is 7.89. The minimum Gasteiger partial charge on any atom is -0.456 e. The molecule has 0 fully saturated rings. The normalized spacial score (nSPS) is 15.5. The molecule has 0 radical (unpaired) electrons. The van der Waals surface area contributed by atoms with Crippen LogP contribution in [0.5, 0.6) is 11.5 Å². The maximum absolute atomic E-state index is 14.9. The lowest BCUT2D eigenvalue weighted by Gasteiger charge is -2.29. The molecule has 1 unspecified atom stereocenters. The van der Waals surface area contributed by atoms with Gasteiger partial charge in [-0.05, 0) is 59.7 Å². The molecule has 200 valence electrons. The molecule has 1 atom stereocenters. The lowest BCUT2D eigenvalue weighted by atomic mass is 10.0. The number of fused-ring (bicyclic) bond motifs is 3. The molecule has 0 N–H and O–H groups in total. The number of hydrogen-bond donors (Lipinski definition) is 0. The molecule has 1 aliphatic rings. The van der Waals surface area contributed by atoms with Crippen molar-refractivity contribution >= 4 is 34.1 Å². The van der Waals surface area contributed by atoms with Crippen molar-refractivity contribution in [2.24, 2.45) is 0 Å². The van der Waals surface area contributed by atoms with E-state index in [2.05, 4.69) is 47.0 Å². The number of benzene rings is 6. The van der Waals surface area contributed by atoms with E-state index in [9.17, 15) is 4.57 Å². The number of hydrogen-bond acceptors (Lipinski definition) is 3. The summed E-state index contributed by atoms with van der Waals surface area (Å²) >= 11 is 0. The highest BCUT2D eigenvalue weighted by Crippen LogP contribution is 2.52. The number of aromatic nitrogens is 2. The van der Waals surface area contributed by atoms with E-state index in [4.69, 9.17) is 9.72 Å². The van der Waals surface area contributed by atoms with Gasteiger partial charge >= 0.3 is 0 Å². The Balaban J connectivity index is 1.21. The molecule has 0 bridgehead atoms. The standard InChI is InChI=1S/C37H25N2O2P/c40-42(30-13-5-2-6-14-30)35-18-10-9-17-33(35)41-34-25-28(23-24-36(34)42)26-19-21-27(22-20-26)37-38-31-15-7-8-16-32(31)39(37)29-11-3-1-4-12-29/h1-25H. The van der Waals surface area contributed by atoms with Crippen molar-refractivity contribution in [1.29, 1.82) is 0 Å². The number of nitrogens with zero attached hydrogens (tertiary/aromatic N) is 2. The van der Waals surface area contributed by atoms with Crippen molar-refractivity contribution in [3.05, 3.63) is 152 Å². The molecule has 0 amide bonds. The topological polar surface area (TPSA) is 44.1 Å². The van der Waals surface area contributed by atoms with E-state index in [1.807, 2.05) is 109 Å². The van der Waals surface area contributed by atoms with Gasteiger partial charge in [0, 0.05) is 16.6 Å². The summed E-state index contributed by atoms with van der Waals surface area (Å²) < 4.78 is 23.4. The van der Waals surface area contributed by atoms with Crippen molar-refractivity contribution in [1.82, 2.24) is 9.55 Å². The lowest BCUT2D eigenvalue weighted by Crippen LogP contribution is -2.30. The van der Waals surface area contributed by atoms with Crippen LogP contribution in [0.2, 0.25) is 0 Å². The van der Waals surface area contributed by atoms with Crippen molar-refractivity contribution < 1.29 is 9.30 Å².